The molecular formula is C6H8N2OS. The van der Waals surface area contributed by atoms with Crippen molar-refractivity contribution in [2.45, 2.75) is 5.75 Å². The van der Waals surface area contributed by atoms with Gasteiger partial charge < -0.3 is 10.2 Å². The van der Waals surface area contributed by atoms with E-state index in [0.29, 0.717) is 5.75 Å². The summed E-state index contributed by atoms with van der Waals surface area (Å²) in [7, 11) is 0. The summed E-state index contributed by atoms with van der Waals surface area (Å²) in [6.45, 7) is 0. The van der Waals surface area contributed by atoms with E-state index in [1.807, 2.05) is 12.1 Å². The molecule has 0 atom stereocenters. The zero-order chi connectivity index (χ0) is 7.40. The van der Waals surface area contributed by atoms with E-state index in [2.05, 4.69) is 0 Å². The quantitative estimate of drug-likeness (QED) is 0.502. The molecule has 54 valence electrons. The summed E-state index contributed by atoms with van der Waals surface area (Å²) in [6, 6.07) is 3.67. The standard InChI is InChI=1S/C6H8N2OS/c7-6(8)10-4-5-2-1-3-9-5/h1-3H,4H2,(H3,7,8). The third kappa shape index (κ3) is 2.14. The third-order valence-electron chi connectivity index (χ3n) is 0.950. The van der Waals surface area contributed by atoms with Crippen molar-refractivity contribution in [3.63, 3.8) is 0 Å². The molecule has 0 amide bonds. The summed E-state index contributed by atoms with van der Waals surface area (Å²) in [5.74, 6) is 1.49. The molecule has 0 saturated carbocycles. The van der Waals surface area contributed by atoms with Gasteiger partial charge in [-0.05, 0) is 12.1 Å². The average Bonchev–Trinajstić information content (AvgIpc) is 2.34. The molecule has 1 aromatic heterocycles. The Hall–Kier alpha value is -0.900. The lowest BCUT2D eigenvalue weighted by Gasteiger charge is -1.92. The molecule has 1 heterocycles. The maximum absolute atomic E-state index is 6.90. The van der Waals surface area contributed by atoms with Crippen molar-refractivity contribution in [2.24, 2.45) is 5.73 Å². The van der Waals surface area contributed by atoms with Gasteiger partial charge in [0.25, 0.3) is 0 Å². The predicted octanol–water partition coefficient (Wildman–Crippen LogP) is 1.41. The SMILES string of the molecule is N=C(N)SCc1ccco1. The highest BCUT2D eigenvalue weighted by molar-refractivity contribution is 8.13. The van der Waals surface area contributed by atoms with Crippen LogP contribution in [0.2, 0.25) is 0 Å². The van der Waals surface area contributed by atoms with Crippen molar-refractivity contribution >= 4 is 16.9 Å². The van der Waals surface area contributed by atoms with E-state index in [-0.39, 0.29) is 5.17 Å². The van der Waals surface area contributed by atoms with Gasteiger partial charge in [0.2, 0.25) is 0 Å². The first-order valence-electron chi connectivity index (χ1n) is 2.78. The average molecular weight is 156 g/mol. The molecule has 0 bridgehead atoms. The Kier molecular flexibility index (Phi) is 2.39. The van der Waals surface area contributed by atoms with Gasteiger partial charge in [0.1, 0.15) is 5.76 Å². The minimum absolute atomic E-state index is 0.122. The summed E-state index contributed by atoms with van der Waals surface area (Å²) < 4.78 is 5.01. The van der Waals surface area contributed by atoms with Crippen molar-refractivity contribution in [1.82, 2.24) is 0 Å². The van der Waals surface area contributed by atoms with Crippen molar-refractivity contribution in [1.29, 1.82) is 5.41 Å². The summed E-state index contributed by atoms with van der Waals surface area (Å²) in [6.07, 6.45) is 1.61. The van der Waals surface area contributed by atoms with Crippen LogP contribution < -0.4 is 5.73 Å². The second-order valence-electron chi connectivity index (χ2n) is 1.73. The molecule has 0 radical (unpaired) electrons. The van der Waals surface area contributed by atoms with Gasteiger partial charge in [-0.1, -0.05) is 11.8 Å². The van der Waals surface area contributed by atoms with Crippen LogP contribution in [-0.4, -0.2) is 5.17 Å². The Bertz CT molecular complexity index is 208. The highest BCUT2D eigenvalue weighted by Gasteiger charge is 1.95. The van der Waals surface area contributed by atoms with Gasteiger partial charge in [-0.15, -0.1) is 0 Å². The van der Waals surface area contributed by atoms with Gasteiger partial charge in [-0.3, -0.25) is 5.41 Å². The van der Waals surface area contributed by atoms with Crippen molar-refractivity contribution in [2.75, 3.05) is 0 Å². The molecule has 0 saturated heterocycles. The first-order valence-corrected chi connectivity index (χ1v) is 3.77. The van der Waals surface area contributed by atoms with Crippen molar-refractivity contribution < 1.29 is 4.42 Å². The molecule has 10 heavy (non-hydrogen) atoms. The number of nitrogens with one attached hydrogen (secondary N) is 1. The number of hydrogen-bond acceptors (Lipinski definition) is 3. The number of hydrogen-bond donors (Lipinski definition) is 2. The lowest BCUT2D eigenvalue weighted by molar-refractivity contribution is 0.530. The van der Waals surface area contributed by atoms with Crippen LogP contribution in [0.5, 0.6) is 0 Å². The minimum atomic E-state index is 0.122. The van der Waals surface area contributed by atoms with E-state index in [4.69, 9.17) is 15.6 Å². The Morgan fingerprint density at radius 3 is 3.10 bits per heavy atom. The molecule has 1 rings (SSSR count). The predicted molar refractivity (Wildman–Crippen MR) is 41.9 cm³/mol. The highest BCUT2D eigenvalue weighted by atomic mass is 32.2. The number of nitrogens with two attached hydrogens (primary N) is 1. The van der Waals surface area contributed by atoms with E-state index < -0.39 is 0 Å². The molecule has 0 spiro atoms. The molecule has 0 aliphatic carbocycles. The van der Waals surface area contributed by atoms with Crippen LogP contribution in [0.15, 0.2) is 22.8 Å². The second kappa shape index (κ2) is 3.31. The lowest BCUT2D eigenvalue weighted by Crippen LogP contribution is -2.03. The summed E-state index contributed by atoms with van der Waals surface area (Å²) in [4.78, 5) is 0. The lowest BCUT2D eigenvalue weighted by atomic mass is 10.5. The highest BCUT2D eigenvalue weighted by Crippen LogP contribution is 2.10. The van der Waals surface area contributed by atoms with Crippen LogP contribution in [0.25, 0.3) is 0 Å². The molecular weight excluding hydrogens is 148 g/mol. The van der Waals surface area contributed by atoms with Gasteiger partial charge in [0, 0.05) is 0 Å². The van der Waals surface area contributed by atoms with E-state index in [1.165, 1.54) is 11.8 Å². The number of furan rings is 1. The van der Waals surface area contributed by atoms with Crippen LogP contribution in [0, 0.1) is 5.41 Å². The van der Waals surface area contributed by atoms with Crippen molar-refractivity contribution in [3.05, 3.63) is 24.2 Å². The summed E-state index contributed by atoms with van der Waals surface area (Å²) >= 11 is 1.26. The molecule has 0 aromatic carbocycles. The van der Waals surface area contributed by atoms with Gasteiger partial charge in [0.15, 0.2) is 5.17 Å². The number of amidine groups is 1. The molecule has 3 N–H and O–H groups in total. The van der Waals surface area contributed by atoms with E-state index in [9.17, 15) is 0 Å². The van der Waals surface area contributed by atoms with Gasteiger partial charge in [-0.25, -0.2) is 0 Å². The normalized spacial score (nSPS) is 9.60. The fourth-order valence-corrected chi connectivity index (χ4v) is 1.01. The first kappa shape index (κ1) is 7.21. The van der Waals surface area contributed by atoms with Crippen LogP contribution in [0.4, 0.5) is 0 Å². The monoisotopic (exact) mass is 156 g/mol. The van der Waals surface area contributed by atoms with Gasteiger partial charge in [-0.2, -0.15) is 0 Å². The third-order valence-corrected chi connectivity index (χ3v) is 1.69. The van der Waals surface area contributed by atoms with Gasteiger partial charge >= 0.3 is 0 Å². The number of rotatable bonds is 2. The minimum Gasteiger partial charge on any atom is -0.468 e. The van der Waals surface area contributed by atoms with Gasteiger partial charge in [0.05, 0.1) is 12.0 Å². The molecule has 1 aromatic rings. The van der Waals surface area contributed by atoms with Crippen LogP contribution in [0.1, 0.15) is 5.76 Å². The Morgan fingerprint density at radius 1 is 1.80 bits per heavy atom. The Morgan fingerprint density at radius 2 is 2.60 bits per heavy atom. The zero-order valence-corrected chi connectivity index (χ0v) is 6.15. The number of thioether (sulfide) groups is 1. The fraction of sp³-hybridized carbons (Fsp3) is 0.167. The topological polar surface area (TPSA) is 63.0 Å². The maximum Gasteiger partial charge on any atom is 0.151 e. The molecule has 4 heteroatoms. The second-order valence-corrected chi connectivity index (χ2v) is 2.75. The molecule has 0 aliphatic heterocycles. The molecule has 0 unspecified atom stereocenters. The van der Waals surface area contributed by atoms with Crippen LogP contribution in [-0.2, 0) is 5.75 Å². The van der Waals surface area contributed by atoms with E-state index in [1.54, 1.807) is 6.26 Å². The van der Waals surface area contributed by atoms with Crippen molar-refractivity contribution in [3.8, 4) is 0 Å². The maximum atomic E-state index is 6.90. The van der Waals surface area contributed by atoms with E-state index >= 15 is 0 Å². The zero-order valence-electron chi connectivity index (χ0n) is 5.33. The Labute approximate surface area is 63.1 Å². The smallest absolute Gasteiger partial charge is 0.151 e. The summed E-state index contributed by atoms with van der Waals surface area (Å²) in [5, 5.41) is 7.02. The first-order chi connectivity index (χ1) is 4.79. The molecule has 0 aliphatic rings. The summed E-state index contributed by atoms with van der Waals surface area (Å²) in [5.41, 5.74) is 5.11. The molecule has 0 fully saturated rings. The van der Waals surface area contributed by atoms with Crippen LogP contribution >= 0.6 is 11.8 Å². The van der Waals surface area contributed by atoms with Crippen LogP contribution in [0.3, 0.4) is 0 Å². The fourth-order valence-electron chi connectivity index (χ4n) is 0.544. The largest absolute Gasteiger partial charge is 0.468 e. The van der Waals surface area contributed by atoms with E-state index in [0.717, 1.165) is 5.76 Å². The molecule has 3 nitrogen and oxygen atoms in total. The Balaban J connectivity index is 2.35.